The largest absolute Gasteiger partial charge is 0.481 e. The van der Waals surface area contributed by atoms with Gasteiger partial charge in [-0.25, -0.2) is 0 Å². The first-order chi connectivity index (χ1) is 12.5. The van der Waals surface area contributed by atoms with Crippen LogP contribution in [0.25, 0.3) is 0 Å². The van der Waals surface area contributed by atoms with Gasteiger partial charge in [-0.3, -0.25) is 4.79 Å². The van der Waals surface area contributed by atoms with E-state index in [2.05, 4.69) is 38.1 Å². The van der Waals surface area contributed by atoms with Crippen LogP contribution >= 0.6 is 0 Å². The van der Waals surface area contributed by atoms with Crippen LogP contribution in [-0.2, 0) is 10.2 Å². The molecule has 0 heterocycles. The smallest absolute Gasteiger partial charge is 0.306 e. The Labute approximate surface area is 159 Å². The predicted molar refractivity (Wildman–Crippen MR) is 107 cm³/mol. The van der Waals surface area contributed by atoms with Gasteiger partial charge in [0.05, 0.1) is 5.92 Å². The molecule has 2 heteroatoms. The molecular formula is C24H36O2. The van der Waals surface area contributed by atoms with Gasteiger partial charge in [0.1, 0.15) is 0 Å². The van der Waals surface area contributed by atoms with Crippen molar-refractivity contribution in [2.24, 2.45) is 17.8 Å². The summed E-state index contributed by atoms with van der Waals surface area (Å²) in [4.78, 5) is 11.5. The average molecular weight is 357 g/mol. The lowest BCUT2D eigenvalue weighted by Gasteiger charge is -2.48. The van der Waals surface area contributed by atoms with Crippen LogP contribution in [0.2, 0.25) is 0 Å². The van der Waals surface area contributed by atoms with Gasteiger partial charge in [0, 0.05) is 0 Å². The van der Waals surface area contributed by atoms with Gasteiger partial charge in [0.2, 0.25) is 0 Å². The highest BCUT2D eigenvalue weighted by molar-refractivity contribution is 5.70. The summed E-state index contributed by atoms with van der Waals surface area (Å²) in [7, 11) is 0. The van der Waals surface area contributed by atoms with Crippen LogP contribution in [0.15, 0.2) is 24.3 Å². The Hall–Kier alpha value is -1.31. The number of aryl methyl sites for hydroxylation is 1. The molecule has 0 aliphatic heterocycles. The molecule has 0 aromatic heterocycles. The lowest BCUT2D eigenvalue weighted by Crippen LogP contribution is -2.42. The van der Waals surface area contributed by atoms with Gasteiger partial charge in [-0.2, -0.15) is 0 Å². The van der Waals surface area contributed by atoms with Crippen LogP contribution in [0.5, 0.6) is 0 Å². The van der Waals surface area contributed by atoms with E-state index in [0.717, 1.165) is 37.5 Å². The van der Waals surface area contributed by atoms with Gasteiger partial charge in [-0.15, -0.1) is 0 Å². The van der Waals surface area contributed by atoms with Crippen molar-refractivity contribution in [3.05, 3.63) is 35.4 Å². The summed E-state index contributed by atoms with van der Waals surface area (Å²) in [6, 6.07) is 9.15. The van der Waals surface area contributed by atoms with Gasteiger partial charge >= 0.3 is 5.97 Å². The summed E-state index contributed by atoms with van der Waals surface area (Å²) < 4.78 is 0. The molecule has 1 aromatic carbocycles. The van der Waals surface area contributed by atoms with Crippen molar-refractivity contribution in [2.45, 2.75) is 89.9 Å². The van der Waals surface area contributed by atoms with E-state index in [9.17, 15) is 9.90 Å². The Bertz CT molecular complexity index is 573. The Kier molecular flexibility index (Phi) is 6.42. The topological polar surface area (TPSA) is 37.3 Å². The van der Waals surface area contributed by atoms with Gasteiger partial charge in [-0.1, -0.05) is 68.9 Å². The fraction of sp³-hybridized carbons (Fsp3) is 0.708. The lowest BCUT2D eigenvalue weighted by molar-refractivity contribution is -0.143. The minimum atomic E-state index is -0.592. The quantitative estimate of drug-likeness (QED) is 0.631. The van der Waals surface area contributed by atoms with E-state index in [1.54, 1.807) is 0 Å². The Morgan fingerprint density at radius 1 is 1.04 bits per heavy atom. The second-order valence-electron chi connectivity index (χ2n) is 8.99. The van der Waals surface area contributed by atoms with Crippen molar-refractivity contribution >= 4 is 5.97 Å². The van der Waals surface area contributed by atoms with Crippen molar-refractivity contribution in [3.63, 3.8) is 0 Å². The predicted octanol–water partition coefficient (Wildman–Crippen LogP) is 6.50. The Balaban J connectivity index is 1.76. The number of benzene rings is 1. The maximum absolute atomic E-state index is 11.5. The molecule has 1 aromatic rings. The highest BCUT2D eigenvalue weighted by Crippen LogP contribution is 2.52. The van der Waals surface area contributed by atoms with E-state index >= 15 is 0 Å². The van der Waals surface area contributed by atoms with E-state index in [4.69, 9.17) is 0 Å². The van der Waals surface area contributed by atoms with Crippen molar-refractivity contribution < 1.29 is 9.90 Å². The molecule has 0 saturated heterocycles. The molecule has 0 amide bonds. The third-order valence-corrected chi connectivity index (χ3v) is 7.45. The molecule has 0 radical (unpaired) electrons. The van der Waals surface area contributed by atoms with Gasteiger partial charge in [0.25, 0.3) is 0 Å². The van der Waals surface area contributed by atoms with Crippen molar-refractivity contribution in [1.29, 1.82) is 0 Å². The summed E-state index contributed by atoms with van der Waals surface area (Å²) in [5.41, 5.74) is 3.00. The SMILES string of the molecule is CCCCC1CCC(C2(c3ccc(C)cc3)CCC(C(=O)O)CC2)CC1. The highest BCUT2D eigenvalue weighted by atomic mass is 16.4. The van der Waals surface area contributed by atoms with Gasteiger partial charge in [-0.05, 0) is 68.3 Å². The standard InChI is InChI=1S/C24H36O2/c1-3-4-5-19-8-12-22(13-9-19)24(21-10-6-18(2)7-11-21)16-14-20(15-17-24)23(25)26/h6-7,10-11,19-20,22H,3-5,8-9,12-17H2,1-2H3,(H,25,26). The fourth-order valence-electron chi connectivity index (χ4n) is 5.69. The van der Waals surface area contributed by atoms with Crippen LogP contribution in [0.4, 0.5) is 0 Å². The monoisotopic (exact) mass is 356 g/mol. The zero-order valence-corrected chi connectivity index (χ0v) is 16.7. The van der Waals surface area contributed by atoms with E-state index in [-0.39, 0.29) is 11.3 Å². The summed E-state index contributed by atoms with van der Waals surface area (Å²) in [5, 5.41) is 9.44. The molecule has 0 spiro atoms. The fourth-order valence-corrected chi connectivity index (χ4v) is 5.69. The molecule has 144 valence electrons. The number of aliphatic carboxylic acids is 1. The number of hydrogen-bond acceptors (Lipinski definition) is 1. The van der Waals surface area contributed by atoms with Crippen LogP contribution < -0.4 is 0 Å². The third kappa shape index (κ3) is 4.15. The Morgan fingerprint density at radius 2 is 1.65 bits per heavy atom. The summed E-state index contributed by atoms with van der Waals surface area (Å²) in [6.07, 6.45) is 13.3. The maximum Gasteiger partial charge on any atom is 0.306 e. The summed E-state index contributed by atoms with van der Waals surface area (Å²) >= 11 is 0. The Morgan fingerprint density at radius 3 is 2.19 bits per heavy atom. The summed E-state index contributed by atoms with van der Waals surface area (Å²) in [6.45, 7) is 4.44. The number of carbonyl (C=O) groups is 1. The first kappa shape index (κ1) is 19.5. The first-order valence-electron chi connectivity index (χ1n) is 10.8. The number of rotatable bonds is 6. The molecule has 2 aliphatic carbocycles. The molecule has 26 heavy (non-hydrogen) atoms. The number of hydrogen-bond donors (Lipinski definition) is 1. The molecule has 0 atom stereocenters. The van der Waals surface area contributed by atoms with E-state index in [1.165, 1.54) is 56.1 Å². The zero-order valence-electron chi connectivity index (χ0n) is 16.7. The van der Waals surface area contributed by atoms with Crippen molar-refractivity contribution in [2.75, 3.05) is 0 Å². The number of carboxylic acids is 1. The molecular weight excluding hydrogens is 320 g/mol. The average Bonchev–Trinajstić information content (AvgIpc) is 2.67. The van der Waals surface area contributed by atoms with Crippen molar-refractivity contribution in [1.82, 2.24) is 0 Å². The molecule has 0 unspecified atom stereocenters. The second-order valence-corrected chi connectivity index (χ2v) is 8.99. The summed E-state index contributed by atoms with van der Waals surface area (Å²) in [5.74, 6) is 0.940. The highest BCUT2D eigenvalue weighted by Gasteiger charge is 2.45. The lowest BCUT2D eigenvalue weighted by atomic mass is 9.56. The molecule has 2 saturated carbocycles. The molecule has 2 nitrogen and oxygen atoms in total. The second kappa shape index (κ2) is 8.59. The molecule has 0 bridgehead atoms. The number of unbranched alkanes of at least 4 members (excludes halogenated alkanes) is 1. The maximum atomic E-state index is 11.5. The zero-order chi connectivity index (χ0) is 18.6. The van der Waals surface area contributed by atoms with Gasteiger partial charge < -0.3 is 5.11 Å². The van der Waals surface area contributed by atoms with E-state index in [1.807, 2.05) is 0 Å². The molecule has 2 fully saturated rings. The van der Waals surface area contributed by atoms with E-state index < -0.39 is 5.97 Å². The first-order valence-corrected chi connectivity index (χ1v) is 10.8. The molecule has 1 N–H and O–H groups in total. The third-order valence-electron chi connectivity index (χ3n) is 7.45. The van der Waals surface area contributed by atoms with Crippen LogP contribution in [0, 0.1) is 24.7 Å². The molecule has 2 aliphatic rings. The van der Waals surface area contributed by atoms with Crippen LogP contribution in [0.1, 0.15) is 88.7 Å². The van der Waals surface area contributed by atoms with Crippen LogP contribution in [0.3, 0.4) is 0 Å². The minimum absolute atomic E-state index is 0.130. The van der Waals surface area contributed by atoms with Gasteiger partial charge in [0.15, 0.2) is 0 Å². The molecule has 3 rings (SSSR count). The number of carboxylic acid groups (broad SMARTS) is 1. The normalized spacial score (nSPS) is 32.3. The van der Waals surface area contributed by atoms with E-state index in [0.29, 0.717) is 0 Å². The van der Waals surface area contributed by atoms with Crippen LogP contribution in [-0.4, -0.2) is 11.1 Å². The minimum Gasteiger partial charge on any atom is -0.481 e. The van der Waals surface area contributed by atoms with Crippen molar-refractivity contribution in [3.8, 4) is 0 Å².